The molecule has 0 saturated carbocycles. The Bertz CT molecular complexity index is 1480. The van der Waals surface area contributed by atoms with Gasteiger partial charge >= 0.3 is 5.97 Å². The molecule has 2 atom stereocenters. The van der Waals surface area contributed by atoms with Gasteiger partial charge in [0.05, 0.1) is 6.42 Å². The number of fused-ring (bicyclic) bond motifs is 1. The summed E-state index contributed by atoms with van der Waals surface area (Å²) >= 11 is 0. The lowest BCUT2D eigenvalue weighted by molar-refractivity contribution is -0.141. The van der Waals surface area contributed by atoms with E-state index in [1.807, 2.05) is 18.2 Å². The molecule has 42 heavy (non-hydrogen) atoms. The summed E-state index contributed by atoms with van der Waals surface area (Å²) in [5, 5.41) is 15.4. The number of ketones is 1. The zero-order valence-corrected chi connectivity index (χ0v) is 22.2. The molecule has 3 rings (SSSR count). The highest BCUT2D eigenvalue weighted by molar-refractivity contribution is 5.95. The number of rotatable bonds is 13. The monoisotopic (exact) mass is 596 g/mol. The van der Waals surface area contributed by atoms with Gasteiger partial charge in [0.1, 0.15) is 24.4 Å². The molecule has 0 aliphatic heterocycles. The molecule has 0 radical (unpaired) electrons. The predicted octanol–water partition coefficient (Wildman–Crippen LogP) is 3.66. The number of ether oxygens (including phenoxy) is 2. The van der Waals surface area contributed by atoms with Crippen LogP contribution in [0.2, 0.25) is 0 Å². The van der Waals surface area contributed by atoms with Crippen LogP contribution >= 0.6 is 0 Å². The zero-order chi connectivity index (χ0) is 31.1. The van der Waals surface area contributed by atoms with Gasteiger partial charge in [-0.3, -0.25) is 19.2 Å². The Balaban J connectivity index is 1.67. The van der Waals surface area contributed by atoms with E-state index < -0.39 is 96.0 Å². The lowest BCUT2D eigenvalue weighted by Crippen LogP contribution is -2.55. The Labute approximate surface area is 235 Å². The van der Waals surface area contributed by atoms with Gasteiger partial charge in [0, 0.05) is 5.39 Å². The van der Waals surface area contributed by atoms with Crippen molar-refractivity contribution in [3.8, 4) is 11.5 Å². The van der Waals surface area contributed by atoms with Gasteiger partial charge in [-0.1, -0.05) is 50.2 Å². The van der Waals surface area contributed by atoms with Crippen molar-refractivity contribution in [2.75, 3.05) is 13.2 Å². The van der Waals surface area contributed by atoms with Crippen LogP contribution in [-0.2, 0) is 19.2 Å². The molecule has 3 N–H and O–H groups in total. The fraction of sp³-hybridized carbons (Fsp3) is 0.286. The number of carboxylic acids is 1. The molecular formula is C28H25F5N2O7. The molecule has 0 unspecified atom stereocenters. The average Bonchev–Trinajstić information content (AvgIpc) is 2.95. The van der Waals surface area contributed by atoms with Crippen LogP contribution in [-0.4, -0.2) is 54.0 Å². The number of aliphatic carboxylic acids is 1. The maximum Gasteiger partial charge on any atom is 0.305 e. The van der Waals surface area contributed by atoms with Gasteiger partial charge in [0.2, 0.25) is 35.0 Å². The van der Waals surface area contributed by atoms with Crippen LogP contribution in [0.3, 0.4) is 0 Å². The molecule has 224 valence electrons. The number of Topliss-reactive ketones (excluding diaryl/α,β-unsaturated/α-hetero) is 1. The molecule has 14 heteroatoms. The summed E-state index contributed by atoms with van der Waals surface area (Å²) in [6.07, 6.45) is -1.02. The van der Waals surface area contributed by atoms with E-state index in [1.54, 1.807) is 38.1 Å². The Morgan fingerprint density at radius 3 is 2.00 bits per heavy atom. The third kappa shape index (κ3) is 7.50. The molecule has 2 amide bonds. The fourth-order valence-electron chi connectivity index (χ4n) is 3.85. The molecular weight excluding hydrogens is 571 g/mol. The van der Waals surface area contributed by atoms with Gasteiger partial charge in [-0.2, -0.15) is 8.78 Å². The van der Waals surface area contributed by atoms with E-state index >= 15 is 0 Å². The van der Waals surface area contributed by atoms with Gasteiger partial charge in [-0.05, 0) is 17.4 Å². The Morgan fingerprint density at radius 2 is 1.38 bits per heavy atom. The van der Waals surface area contributed by atoms with Gasteiger partial charge < -0.3 is 25.2 Å². The van der Waals surface area contributed by atoms with E-state index in [2.05, 4.69) is 15.4 Å². The van der Waals surface area contributed by atoms with E-state index in [4.69, 9.17) is 4.74 Å². The van der Waals surface area contributed by atoms with Crippen molar-refractivity contribution >= 4 is 34.3 Å². The molecule has 0 bridgehead atoms. The van der Waals surface area contributed by atoms with Gasteiger partial charge in [-0.25, -0.2) is 13.2 Å². The smallest absolute Gasteiger partial charge is 0.305 e. The van der Waals surface area contributed by atoms with Crippen molar-refractivity contribution in [2.24, 2.45) is 5.92 Å². The summed E-state index contributed by atoms with van der Waals surface area (Å²) in [4.78, 5) is 49.5. The van der Waals surface area contributed by atoms with E-state index in [0.717, 1.165) is 10.8 Å². The molecule has 0 aliphatic carbocycles. The number of benzene rings is 3. The molecule has 3 aromatic carbocycles. The van der Waals surface area contributed by atoms with Crippen molar-refractivity contribution in [3.05, 3.63) is 71.6 Å². The topological polar surface area (TPSA) is 131 Å². The number of amides is 2. The normalized spacial score (nSPS) is 12.5. The molecule has 0 aliphatic rings. The summed E-state index contributed by atoms with van der Waals surface area (Å²) in [7, 11) is 0. The largest absolute Gasteiger partial charge is 0.483 e. The highest BCUT2D eigenvalue weighted by Crippen LogP contribution is 2.29. The first-order chi connectivity index (χ1) is 19.8. The zero-order valence-electron chi connectivity index (χ0n) is 22.2. The molecule has 9 nitrogen and oxygen atoms in total. The summed E-state index contributed by atoms with van der Waals surface area (Å²) in [6, 6.07) is 9.37. The number of hydrogen-bond donors (Lipinski definition) is 3. The first-order valence-electron chi connectivity index (χ1n) is 12.4. The second-order valence-electron chi connectivity index (χ2n) is 9.37. The van der Waals surface area contributed by atoms with E-state index in [9.17, 15) is 46.2 Å². The van der Waals surface area contributed by atoms with E-state index in [0.29, 0.717) is 5.75 Å². The number of carbonyl (C=O) groups excluding carboxylic acids is 3. The molecule has 3 aromatic rings. The van der Waals surface area contributed by atoms with Crippen molar-refractivity contribution in [3.63, 3.8) is 0 Å². The van der Waals surface area contributed by atoms with E-state index in [1.165, 1.54) is 0 Å². The van der Waals surface area contributed by atoms with Crippen LogP contribution in [0.4, 0.5) is 22.0 Å². The minimum absolute atomic E-state index is 0.412. The lowest BCUT2D eigenvalue weighted by Gasteiger charge is -2.24. The maximum atomic E-state index is 13.9. The lowest BCUT2D eigenvalue weighted by atomic mass is 10.0. The van der Waals surface area contributed by atoms with Crippen LogP contribution in [0.5, 0.6) is 11.5 Å². The van der Waals surface area contributed by atoms with Crippen LogP contribution in [0.25, 0.3) is 10.8 Å². The molecule has 0 heterocycles. The third-order valence-electron chi connectivity index (χ3n) is 5.99. The first kappa shape index (κ1) is 31.8. The molecule has 0 saturated heterocycles. The van der Waals surface area contributed by atoms with Crippen LogP contribution < -0.4 is 20.1 Å². The summed E-state index contributed by atoms with van der Waals surface area (Å²) < 4.78 is 77.9. The number of halogens is 5. The molecule has 0 spiro atoms. The highest BCUT2D eigenvalue weighted by Gasteiger charge is 2.32. The van der Waals surface area contributed by atoms with Crippen molar-refractivity contribution < 1.29 is 55.7 Å². The Morgan fingerprint density at radius 1 is 0.786 bits per heavy atom. The fourth-order valence-corrected chi connectivity index (χ4v) is 3.85. The summed E-state index contributed by atoms with van der Waals surface area (Å²) in [6.45, 7) is 1.26. The Kier molecular flexibility index (Phi) is 10.4. The van der Waals surface area contributed by atoms with Crippen LogP contribution in [0.1, 0.15) is 20.3 Å². The first-order valence-corrected chi connectivity index (χ1v) is 12.4. The van der Waals surface area contributed by atoms with Crippen LogP contribution in [0.15, 0.2) is 42.5 Å². The maximum absolute atomic E-state index is 13.9. The third-order valence-corrected chi connectivity index (χ3v) is 5.99. The standard InChI is InChI=1S/C28H25F5N2O7/c1-13(2)26(35-19(37)12-41-18-9-5-7-14-6-3-4-8-15(14)18)28(40)34-16(10-20(38)39)17(36)11-42-27-24(32)22(30)21(29)23(31)25(27)33/h3-9,13,16,26H,10-12H2,1-2H3,(H,34,40)(H,35,37)(H,38,39)/t16-,26-/m0/s1. The Hall–Kier alpha value is -4.75. The second kappa shape index (κ2) is 13.7. The van der Waals surface area contributed by atoms with Crippen molar-refractivity contribution in [1.82, 2.24) is 10.6 Å². The van der Waals surface area contributed by atoms with Crippen molar-refractivity contribution in [1.29, 1.82) is 0 Å². The highest BCUT2D eigenvalue weighted by atomic mass is 19.2. The number of carbonyl (C=O) groups is 4. The summed E-state index contributed by atoms with van der Waals surface area (Å²) in [5.41, 5.74) is 0. The number of carboxylic acid groups (broad SMARTS) is 1. The predicted molar refractivity (Wildman–Crippen MR) is 137 cm³/mol. The van der Waals surface area contributed by atoms with Crippen molar-refractivity contribution in [2.45, 2.75) is 32.4 Å². The quantitative estimate of drug-likeness (QED) is 0.156. The van der Waals surface area contributed by atoms with Crippen LogP contribution in [0, 0.1) is 35.0 Å². The van der Waals surface area contributed by atoms with Gasteiger partial charge in [0.15, 0.2) is 18.1 Å². The minimum atomic E-state index is -2.44. The molecule has 0 fully saturated rings. The van der Waals surface area contributed by atoms with Gasteiger partial charge in [-0.15, -0.1) is 0 Å². The van der Waals surface area contributed by atoms with E-state index in [-0.39, 0.29) is 0 Å². The summed E-state index contributed by atoms with van der Waals surface area (Å²) in [5.74, 6) is -18.2. The average molecular weight is 597 g/mol. The SMILES string of the molecule is CC(C)[C@H](NC(=O)COc1cccc2ccccc12)C(=O)N[C@@H](CC(=O)O)C(=O)COc1c(F)c(F)c(F)c(F)c1F. The number of nitrogens with one attached hydrogen (secondary N) is 2. The van der Waals surface area contributed by atoms with Gasteiger partial charge in [0.25, 0.3) is 5.91 Å². The minimum Gasteiger partial charge on any atom is -0.483 e. The second-order valence-corrected chi connectivity index (χ2v) is 9.37. The number of hydrogen-bond acceptors (Lipinski definition) is 6. The molecule has 0 aromatic heterocycles.